The van der Waals surface area contributed by atoms with Crippen LogP contribution in [0, 0.1) is 0 Å². The summed E-state index contributed by atoms with van der Waals surface area (Å²) >= 11 is 0. The van der Waals surface area contributed by atoms with Crippen molar-refractivity contribution in [2.75, 3.05) is 0 Å². The lowest BCUT2D eigenvalue weighted by Crippen LogP contribution is -2.12. The predicted octanol–water partition coefficient (Wildman–Crippen LogP) is 2.33. The maximum atomic E-state index is 11.4. The molecule has 0 aliphatic rings. The third-order valence-corrected chi connectivity index (χ3v) is 2.87. The van der Waals surface area contributed by atoms with Crippen molar-refractivity contribution >= 4 is 16.9 Å². The Kier molecular flexibility index (Phi) is 2.34. The monoisotopic (exact) mass is 237 g/mol. The van der Waals surface area contributed by atoms with Crippen molar-refractivity contribution in [1.82, 2.24) is 9.97 Å². The maximum Gasteiger partial charge on any atom is 0.249 e. The molecule has 2 heterocycles. The van der Waals surface area contributed by atoms with Gasteiger partial charge in [-0.2, -0.15) is 0 Å². The van der Waals surface area contributed by atoms with Crippen LogP contribution in [-0.4, -0.2) is 15.9 Å². The molecule has 0 unspecified atom stereocenters. The number of pyridine rings is 1. The first kappa shape index (κ1) is 10.5. The Morgan fingerprint density at radius 2 is 2.00 bits per heavy atom. The number of nitrogens with two attached hydrogens (primary N) is 1. The van der Waals surface area contributed by atoms with E-state index >= 15 is 0 Å². The van der Waals surface area contributed by atoms with Crippen molar-refractivity contribution in [3.05, 3.63) is 54.2 Å². The zero-order valence-electron chi connectivity index (χ0n) is 9.55. The fourth-order valence-corrected chi connectivity index (χ4v) is 2.03. The molecule has 1 amide bonds. The van der Waals surface area contributed by atoms with Crippen molar-refractivity contribution in [2.45, 2.75) is 0 Å². The van der Waals surface area contributed by atoms with Gasteiger partial charge in [0.05, 0.1) is 11.0 Å². The van der Waals surface area contributed by atoms with Gasteiger partial charge in [-0.3, -0.25) is 9.78 Å². The van der Waals surface area contributed by atoms with E-state index in [1.807, 2.05) is 30.3 Å². The lowest BCUT2D eigenvalue weighted by Gasteiger charge is -2.03. The van der Waals surface area contributed by atoms with E-state index in [0.717, 1.165) is 22.3 Å². The number of nitrogens with one attached hydrogen (secondary N) is 1. The topological polar surface area (TPSA) is 71.8 Å². The second-order valence-electron chi connectivity index (χ2n) is 4.03. The highest BCUT2D eigenvalue weighted by Gasteiger charge is 2.11. The number of hydrogen-bond acceptors (Lipinski definition) is 2. The molecule has 0 bridgehead atoms. The van der Waals surface area contributed by atoms with Gasteiger partial charge < -0.3 is 10.7 Å². The molecule has 0 fully saturated rings. The van der Waals surface area contributed by atoms with E-state index in [1.165, 1.54) is 0 Å². The molecule has 1 aromatic carbocycles. The fourth-order valence-electron chi connectivity index (χ4n) is 2.03. The Labute approximate surface area is 103 Å². The quantitative estimate of drug-likeness (QED) is 0.718. The Morgan fingerprint density at radius 1 is 1.17 bits per heavy atom. The molecule has 4 heteroatoms. The highest BCUT2D eigenvalue weighted by molar-refractivity contribution is 6.00. The van der Waals surface area contributed by atoms with Crippen LogP contribution in [0.1, 0.15) is 10.4 Å². The van der Waals surface area contributed by atoms with Gasteiger partial charge in [0.15, 0.2) is 0 Å². The molecule has 3 aromatic rings. The van der Waals surface area contributed by atoms with Crippen LogP contribution in [0.15, 0.2) is 48.7 Å². The highest BCUT2D eigenvalue weighted by atomic mass is 16.1. The molecule has 2 aromatic heterocycles. The van der Waals surface area contributed by atoms with E-state index in [1.54, 1.807) is 18.3 Å². The normalized spacial score (nSPS) is 10.7. The Bertz CT molecular complexity index is 697. The van der Waals surface area contributed by atoms with E-state index in [4.69, 9.17) is 5.73 Å². The lowest BCUT2D eigenvalue weighted by molar-refractivity contribution is 0.100. The van der Waals surface area contributed by atoms with E-state index in [9.17, 15) is 4.79 Å². The SMILES string of the molecule is NC(=O)c1ccccc1-c1cc2ncccc2[nH]1. The number of hydrogen-bond donors (Lipinski definition) is 2. The number of carbonyl (C=O) groups is 1. The van der Waals surface area contributed by atoms with Crippen LogP contribution < -0.4 is 5.73 Å². The van der Waals surface area contributed by atoms with Gasteiger partial charge in [0.25, 0.3) is 0 Å². The van der Waals surface area contributed by atoms with Gasteiger partial charge in [-0.25, -0.2) is 0 Å². The van der Waals surface area contributed by atoms with E-state index in [0.29, 0.717) is 5.56 Å². The summed E-state index contributed by atoms with van der Waals surface area (Å²) in [7, 11) is 0. The summed E-state index contributed by atoms with van der Waals surface area (Å²) in [5, 5.41) is 0. The Morgan fingerprint density at radius 3 is 2.78 bits per heavy atom. The fraction of sp³-hybridized carbons (Fsp3) is 0. The molecule has 0 saturated carbocycles. The van der Waals surface area contributed by atoms with Gasteiger partial charge in [0.1, 0.15) is 0 Å². The number of H-pyrrole nitrogens is 1. The van der Waals surface area contributed by atoms with E-state index in [-0.39, 0.29) is 0 Å². The molecule has 3 rings (SSSR count). The van der Waals surface area contributed by atoms with Crippen LogP contribution >= 0.6 is 0 Å². The van der Waals surface area contributed by atoms with Crippen molar-refractivity contribution in [2.24, 2.45) is 5.73 Å². The average molecular weight is 237 g/mol. The largest absolute Gasteiger partial charge is 0.366 e. The number of aromatic nitrogens is 2. The third kappa shape index (κ3) is 1.64. The van der Waals surface area contributed by atoms with Crippen molar-refractivity contribution in [1.29, 1.82) is 0 Å². The first-order chi connectivity index (χ1) is 8.75. The van der Waals surface area contributed by atoms with Crippen LogP contribution in [0.2, 0.25) is 0 Å². The summed E-state index contributed by atoms with van der Waals surface area (Å²) in [6.45, 7) is 0. The molecule has 3 N–H and O–H groups in total. The van der Waals surface area contributed by atoms with Crippen LogP contribution in [0.25, 0.3) is 22.3 Å². The molecular formula is C14H11N3O. The minimum absolute atomic E-state index is 0.433. The summed E-state index contributed by atoms with van der Waals surface area (Å²) in [6, 6.07) is 13.0. The number of benzene rings is 1. The number of carbonyl (C=O) groups excluding carboxylic acids is 1. The van der Waals surface area contributed by atoms with Gasteiger partial charge in [0.2, 0.25) is 5.91 Å². The number of amides is 1. The van der Waals surface area contributed by atoms with Gasteiger partial charge in [-0.1, -0.05) is 18.2 Å². The van der Waals surface area contributed by atoms with Gasteiger partial charge >= 0.3 is 0 Å². The molecule has 0 saturated heterocycles. The van der Waals surface area contributed by atoms with Crippen molar-refractivity contribution < 1.29 is 4.79 Å². The van der Waals surface area contributed by atoms with Crippen LogP contribution in [-0.2, 0) is 0 Å². The second-order valence-corrected chi connectivity index (χ2v) is 4.03. The first-order valence-electron chi connectivity index (χ1n) is 5.58. The zero-order chi connectivity index (χ0) is 12.5. The lowest BCUT2D eigenvalue weighted by atomic mass is 10.0. The third-order valence-electron chi connectivity index (χ3n) is 2.87. The minimum atomic E-state index is -0.433. The number of primary amides is 1. The van der Waals surface area contributed by atoms with Gasteiger partial charge in [0, 0.05) is 23.0 Å². The summed E-state index contributed by atoms with van der Waals surface area (Å²) in [5.74, 6) is -0.433. The highest BCUT2D eigenvalue weighted by Crippen LogP contribution is 2.25. The summed E-state index contributed by atoms with van der Waals surface area (Å²) < 4.78 is 0. The molecule has 0 radical (unpaired) electrons. The van der Waals surface area contributed by atoms with Crippen LogP contribution in [0.5, 0.6) is 0 Å². The molecule has 0 aliphatic heterocycles. The van der Waals surface area contributed by atoms with Crippen molar-refractivity contribution in [3.63, 3.8) is 0 Å². The molecule has 0 aliphatic carbocycles. The Hall–Kier alpha value is -2.62. The van der Waals surface area contributed by atoms with Gasteiger partial charge in [-0.05, 0) is 24.3 Å². The summed E-state index contributed by atoms with van der Waals surface area (Å²) in [6.07, 6.45) is 1.74. The zero-order valence-corrected chi connectivity index (χ0v) is 9.55. The number of aromatic amines is 1. The number of rotatable bonds is 2. The van der Waals surface area contributed by atoms with E-state index < -0.39 is 5.91 Å². The Balaban J connectivity index is 2.23. The van der Waals surface area contributed by atoms with Gasteiger partial charge in [-0.15, -0.1) is 0 Å². The molecule has 0 spiro atoms. The molecule has 18 heavy (non-hydrogen) atoms. The first-order valence-corrected chi connectivity index (χ1v) is 5.58. The second kappa shape index (κ2) is 4.00. The summed E-state index contributed by atoms with van der Waals surface area (Å²) in [5.41, 5.74) is 9.33. The predicted molar refractivity (Wildman–Crippen MR) is 70.0 cm³/mol. The van der Waals surface area contributed by atoms with E-state index in [2.05, 4.69) is 9.97 Å². The average Bonchev–Trinajstić information content (AvgIpc) is 2.82. The molecule has 4 nitrogen and oxygen atoms in total. The maximum absolute atomic E-state index is 11.4. The molecular weight excluding hydrogens is 226 g/mol. The number of fused-ring (bicyclic) bond motifs is 1. The summed E-state index contributed by atoms with van der Waals surface area (Å²) in [4.78, 5) is 18.9. The minimum Gasteiger partial charge on any atom is -0.366 e. The van der Waals surface area contributed by atoms with Crippen molar-refractivity contribution in [3.8, 4) is 11.3 Å². The molecule has 88 valence electrons. The number of nitrogens with zero attached hydrogens (tertiary/aromatic N) is 1. The van der Waals surface area contributed by atoms with Crippen LogP contribution in [0.4, 0.5) is 0 Å². The standard InChI is InChI=1S/C14H11N3O/c15-14(18)10-5-2-1-4-9(10)12-8-13-11(17-12)6-3-7-16-13/h1-8,17H,(H2,15,18). The van der Waals surface area contributed by atoms with Crippen LogP contribution in [0.3, 0.4) is 0 Å². The molecule has 0 atom stereocenters. The smallest absolute Gasteiger partial charge is 0.249 e.